The molecule has 0 aromatic heterocycles. The maximum Gasteiger partial charge on any atom is 0.410 e. The summed E-state index contributed by atoms with van der Waals surface area (Å²) in [6.07, 6.45) is 4.70. The lowest BCUT2D eigenvalue weighted by molar-refractivity contribution is 0.0134. The molecule has 0 spiro atoms. The molecule has 2 heterocycles. The molecular formula is C22H29Cl2NO3S2. The van der Waals surface area contributed by atoms with E-state index >= 15 is 0 Å². The molecule has 3 rings (SSSR count). The van der Waals surface area contributed by atoms with Crippen LogP contribution in [0.5, 0.6) is 5.75 Å². The molecule has 8 heteroatoms. The number of halogens is 2. The van der Waals surface area contributed by atoms with Crippen LogP contribution in [-0.4, -0.2) is 47.8 Å². The van der Waals surface area contributed by atoms with Gasteiger partial charge >= 0.3 is 6.09 Å². The highest BCUT2D eigenvalue weighted by Crippen LogP contribution is 2.45. The highest BCUT2D eigenvalue weighted by atomic mass is 35.5. The summed E-state index contributed by atoms with van der Waals surface area (Å²) in [4.78, 5) is 14.8. The number of rotatable bonds is 3. The zero-order valence-electron chi connectivity index (χ0n) is 17.9. The van der Waals surface area contributed by atoms with Crippen molar-refractivity contribution in [3.8, 4) is 5.75 Å². The van der Waals surface area contributed by atoms with E-state index in [4.69, 9.17) is 32.7 Å². The highest BCUT2D eigenvalue weighted by Gasteiger charge is 2.36. The van der Waals surface area contributed by atoms with Gasteiger partial charge in [-0.1, -0.05) is 23.2 Å². The second-order valence-electron chi connectivity index (χ2n) is 8.48. The first-order valence-corrected chi connectivity index (χ1v) is 12.9. The lowest BCUT2D eigenvalue weighted by atomic mass is 9.84. The van der Waals surface area contributed by atoms with Gasteiger partial charge in [0.05, 0.1) is 23.2 Å². The third kappa shape index (κ3) is 5.96. The normalized spacial score (nSPS) is 22.6. The summed E-state index contributed by atoms with van der Waals surface area (Å²) in [5.41, 5.74) is 0.405. The van der Waals surface area contributed by atoms with Gasteiger partial charge in [-0.25, -0.2) is 4.79 Å². The Morgan fingerprint density at radius 3 is 2.57 bits per heavy atom. The minimum atomic E-state index is -0.528. The lowest BCUT2D eigenvalue weighted by Gasteiger charge is -2.39. The van der Waals surface area contributed by atoms with Crippen LogP contribution in [-0.2, 0) is 4.74 Å². The standard InChI is InChI=1S/C22H29Cl2NO3S2/c1-22(2,3)28-21(26)25-9-8-14(12-15(25)13-18-29-10-5-11-30-18)19-17(27-4)7-6-16(23)20(19)24/h6-7,13-15H,5,8-12H2,1-4H3/t14-,15+/m1/s1. The van der Waals surface area contributed by atoms with E-state index in [1.54, 1.807) is 13.2 Å². The van der Waals surface area contributed by atoms with Crippen LogP contribution in [0.4, 0.5) is 4.79 Å². The SMILES string of the molecule is COc1ccc(Cl)c(Cl)c1[C@@H]1CCN(C(=O)OC(C)(C)C)[C@H](C=C2SCCCS2)C1. The van der Waals surface area contributed by atoms with E-state index in [-0.39, 0.29) is 18.1 Å². The van der Waals surface area contributed by atoms with Gasteiger partial charge in [-0.3, -0.25) is 0 Å². The number of carbonyl (C=O) groups is 1. The zero-order chi connectivity index (χ0) is 21.9. The van der Waals surface area contributed by atoms with E-state index < -0.39 is 5.60 Å². The number of hydrogen-bond donors (Lipinski definition) is 0. The van der Waals surface area contributed by atoms with Gasteiger partial charge in [-0.2, -0.15) is 0 Å². The molecule has 0 unspecified atom stereocenters. The molecule has 1 aromatic rings. The molecule has 2 aliphatic heterocycles. The lowest BCUT2D eigenvalue weighted by Crippen LogP contribution is -2.47. The predicted octanol–water partition coefficient (Wildman–Crippen LogP) is 7.20. The van der Waals surface area contributed by atoms with Crippen molar-refractivity contribution >= 4 is 52.8 Å². The molecule has 0 radical (unpaired) electrons. The first-order chi connectivity index (χ1) is 14.2. The van der Waals surface area contributed by atoms with Crippen LogP contribution in [0.25, 0.3) is 0 Å². The van der Waals surface area contributed by atoms with Gasteiger partial charge in [0.25, 0.3) is 0 Å². The Balaban J connectivity index is 1.90. The first kappa shape index (κ1) is 24.0. The van der Waals surface area contributed by atoms with Crippen molar-refractivity contribution in [3.63, 3.8) is 0 Å². The fraction of sp³-hybridized carbons (Fsp3) is 0.591. The van der Waals surface area contributed by atoms with Crippen LogP contribution >= 0.6 is 46.7 Å². The van der Waals surface area contributed by atoms with Gasteiger partial charge in [0.15, 0.2) is 0 Å². The molecular weight excluding hydrogens is 461 g/mol. The third-order valence-electron chi connectivity index (χ3n) is 5.10. The smallest absolute Gasteiger partial charge is 0.410 e. The van der Waals surface area contributed by atoms with Crippen LogP contribution in [0.1, 0.15) is 51.5 Å². The molecule has 30 heavy (non-hydrogen) atoms. The molecule has 166 valence electrons. The number of nitrogens with zero attached hydrogens (tertiary/aromatic N) is 1. The molecule has 0 aliphatic carbocycles. The summed E-state index contributed by atoms with van der Waals surface area (Å²) in [6.45, 7) is 6.28. The maximum atomic E-state index is 12.9. The summed E-state index contributed by atoms with van der Waals surface area (Å²) in [6, 6.07) is 3.56. The van der Waals surface area contributed by atoms with E-state index in [9.17, 15) is 4.79 Å². The Bertz CT molecular complexity index is 802. The van der Waals surface area contributed by atoms with E-state index in [1.807, 2.05) is 55.3 Å². The number of likely N-dealkylation sites (tertiary alicyclic amines) is 1. The van der Waals surface area contributed by atoms with Crippen LogP contribution in [0.15, 0.2) is 22.4 Å². The number of benzene rings is 1. The van der Waals surface area contributed by atoms with Gasteiger partial charge in [0.1, 0.15) is 11.4 Å². The summed E-state index contributed by atoms with van der Waals surface area (Å²) in [5.74, 6) is 3.13. The molecule has 0 N–H and O–H groups in total. The van der Waals surface area contributed by atoms with Gasteiger partial charge < -0.3 is 14.4 Å². The van der Waals surface area contributed by atoms with Crippen LogP contribution in [0.3, 0.4) is 0 Å². The van der Waals surface area contributed by atoms with Crippen molar-refractivity contribution in [2.45, 2.75) is 57.6 Å². The molecule has 2 fully saturated rings. The molecule has 1 amide bonds. The van der Waals surface area contributed by atoms with E-state index in [2.05, 4.69) is 6.08 Å². The number of ether oxygens (including phenoxy) is 2. The Kier molecular flexibility index (Phi) is 8.21. The topological polar surface area (TPSA) is 38.8 Å². The number of methoxy groups -OCH3 is 1. The third-order valence-corrected chi connectivity index (χ3v) is 8.45. The Morgan fingerprint density at radius 1 is 1.23 bits per heavy atom. The average Bonchev–Trinajstić information content (AvgIpc) is 2.69. The maximum absolute atomic E-state index is 12.9. The van der Waals surface area contributed by atoms with Gasteiger partial charge in [-0.15, -0.1) is 23.5 Å². The molecule has 2 atom stereocenters. The fourth-order valence-corrected chi connectivity index (χ4v) is 6.75. The van der Waals surface area contributed by atoms with Gasteiger partial charge in [0, 0.05) is 16.3 Å². The van der Waals surface area contributed by atoms with E-state index in [1.165, 1.54) is 10.7 Å². The van der Waals surface area contributed by atoms with Crippen molar-refractivity contribution in [2.75, 3.05) is 25.2 Å². The Labute approximate surface area is 198 Å². The largest absolute Gasteiger partial charge is 0.496 e. The minimum Gasteiger partial charge on any atom is -0.496 e. The highest BCUT2D eigenvalue weighted by molar-refractivity contribution is 8.22. The van der Waals surface area contributed by atoms with Gasteiger partial charge in [0.2, 0.25) is 0 Å². The zero-order valence-corrected chi connectivity index (χ0v) is 21.0. The van der Waals surface area contributed by atoms with Crippen LogP contribution < -0.4 is 4.74 Å². The number of carbonyl (C=O) groups excluding carboxylic acids is 1. The average molecular weight is 491 g/mol. The second kappa shape index (κ2) is 10.3. The summed E-state index contributed by atoms with van der Waals surface area (Å²) in [7, 11) is 1.65. The molecule has 2 saturated heterocycles. The summed E-state index contributed by atoms with van der Waals surface area (Å²) in [5, 5.41) is 1.06. The Morgan fingerprint density at radius 2 is 1.93 bits per heavy atom. The molecule has 0 saturated carbocycles. The molecule has 2 aliphatic rings. The van der Waals surface area contributed by atoms with E-state index in [0.29, 0.717) is 16.6 Å². The minimum absolute atomic E-state index is 0.0635. The fourth-order valence-electron chi connectivity index (χ4n) is 3.77. The van der Waals surface area contributed by atoms with Crippen molar-refractivity contribution in [1.82, 2.24) is 4.90 Å². The summed E-state index contributed by atoms with van der Waals surface area (Å²) < 4.78 is 12.6. The predicted molar refractivity (Wildman–Crippen MR) is 129 cm³/mol. The second-order valence-corrected chi connectivity index (χ2v) is 11.8. The monoisotopic (exact) mass is 489 g/mol. The van der Waals surface area contributed by atoms with E-state index in [0.717, 1.165) is 35.7 Å². The molecule has 0 bridgehead atoms. The first-order valence-electron chi connectivity index (χ1n) is 10.2. The molecule has 4 nitrogen and oxygen atoms in total. The van der Waals surface area contributed by atoms with Crippen LogP contribution in [0, 0.1) is 0 Å². The van der Waals surface area contributed by atoms with Crippen molar-refractivity contribution in [3.05, 3.63) is 38.1 Å². The van der Waals surface area contributed by atoms with Gasteiger partial charge in [-0.05, 0) is 75.7 Å². The number of piperidine rings is 1. The number of amides is 1. The number of thioether (sulfide) groups is 2. The quantitative estimate of drug-likeness (QED) is 0.448. The summed E-state index contributed by atoms with van der Waals surface area (Å²) >= 11 is 16.6. The van der Waals surface area contributed by atoms with Crippen LogP contribution in [0.2, 0.25) is 10.0 Å². The molecule has 1 aromatic carbocycles. The van der Waals surface area contributed by atoms with Crippen molar-refractivity contribution in [2.24, 2.45) is 0 Å². The Hall–Kier alpha value is -0.690. The van der Waals surface area contributed by atoms with Crippen molar-refractivity contribution in [1.29, 1.82) is 0 Å². The number of hydrogen-bond acceptors (Lipinski definition) is 5. The van der Waals surface area contributed by atoms with Crippen molar-refractivity contribution < 1.29 is 14.3 Å².